The number of hydrogen-bond donors (Lipinski definition) is 1. The second-order valence-electron chi connectivity index (χ2n) is 5.07. The molecule has 0 saturated carbocycles. The van der Waals surface area contributed by atoms with Gasteiger partial charge >= 0.3 is 0 Å². The van der Waals surface area contributed by atoms with Gasteiger partial charge in [-0.15, -0.1) is 0 Å². The van der Waals surface area contributed by atoms with Crippen molar-refractivity contribution in [3.8, 4) is 11.3 Å². The topological polar surface area (TPSA) is 63.8 Å². The van der Waals surface area contributed by atoms with Crippen LogP contribution in [0.3, 0.4) is 0 Å². The molecule has 0 aliphatic rings. The van der Waals surface area contributed by atoms with E-state index in [4.69, 9.17) is 27.7 Å². The molecule has 1 aromatic carbocycles. The summed E-state index contributed by atoms with van der Waals surface area (Å²) in [6.45, 7) is 4.29. The third-order valence-electron chi connectivity index (χ3n) is 3.38. The molecule has 3 rings (SSSR count). The van der Waals surface area contributed by atoms with Crippen LogP contribution in [-0.4, -0.2) is 15.1 Å². The largest absolute Gasteiger partial charge is 0.361 e. The van der Waals surface area contributed by atoms with Crippen molar-refractivity contribution in [2.75, 3.05) is 5.32 Å². The highest BCUT2D eigenvalue weighted by Crippen LogP contribution is 2.26. The maximum Gasteiger partial charge on any atom is 0.223 e. The van der Waals surface area contributed by atoms with Crippen molar-refractivity contribution >= 4 is 29.2 Å². The fourth-order valence-electron chi connectivity index (χ4n) is 2.26. The fraction of sp³-hybridized carbons (Fsp3) is 0.188. The highest BCUT2D eigenvalue weighted by atomic mass is 35.5. The van der Waals surface area contributed by atoms with Crippen molar-refractivity contribution in [1.82, 2.24) is 15.1 Å². The van der Waals surface area contributed by atoms with Crippen molar-refractivity contribution in [3.05, 3.63) is 57.5 Å². The normalized spacial score (nSPS) is 10.8. The highest BCUT2D eigenvalue weighted by Gasteiger charge is 2.13. The van der Waals surface area contributed by atoms with Crippen LogP contribution < -0.4 is 5.32 Å². The molecule has 0 bridgehead atoms. The van der Waals surface area contributed by atoms with Gasteiger partial charge in [0.2, 0.25) is 5.95 Å². The number of nitrogens with zero attached hydrogens (tertiary/aromatic N) is 3. The molecule has 0 atom stereocenters. The van der Waals surface area contributed by atoms with E-state index in [0.29, 0.717) is 22.5 Å². The van der Waals surface area contributed by atoms with Gasteiger partial charge in [-0.2, -0.15) is 0 Å². The number of halogens is 2. The van der Waals surface area contributed by atoms with Crippen molar-refractivity contribution in [1.29, 1.82) is 0 Å². The first-order chi connectivity index (χ1) is 11.0. The van der Waals surface area contributed by atoms with Gasteiger partial charge in [-0.3, -0.25) is 0 Å². The first kappa shape index (κ1) is 15.8. The summed E-state index contributed by atoms with van der Waals surface area (Å²) >= 11 is 11.9. The van der Waals surface area contributed by atoms with E-state index in [0.717, 1.165) is 28.3 Å². The van der Waals surface area contributed by atoms with E-state index < -0.39 is 0 Å². The van der Waals surface area contributed by atoms with Crippen molar-refractivity contribution in [2.24, 2.45) is 0 Å². The van der Waals surface area contributed by atoms with E-state index in [1.807, 2.05) is 32.0 Å². The number of benzene rings is 1. The second-order valence-corrected chi connectivity index (χ2v) is 5.88. The number of anilines is 1. The predicted molar refractivity (Wildman–Crippen MR) is 90.8 cm³/mol. The lowest BCUT2D eigenvalue weighted by atomic mass is 10.1. The van der Waals surface area contributed by atoms with Crippen LogP contribution in [0.4, 0.5) is 5.95 Å². The minimum absolute atomic E-state index is 0.522. The van der Waals surface area contributed by atoms with Crippen LogP contribution in [0.1, 0.15) is 17.0 Å². The van der Waals surface area contributed by atoms with Crippen LogP contribution in [0.2, 0.25) is 10.0 Å². The van der Waals surface area contributed by atoms with E-state index in [1.54, 1.807) is 12.3 Å². The first-order valence-electron chi connectivity index (χ1n) is 6.98. The molecule has 0 unspecified atom stereocenters. The molecule has 0 spiro atoms. The molecule has 5 nitrogen and oxygen atoms in total. The molecule has 1 N–H and O–H groups in total. The van der Waals surface area contributed by atoms with Gasteiger partial charge < -0.3 is 9.84 Å². The number of aryl methyl sites for hydroxylation is 2. The summed E-state index contributed by atoms with van der Waals surface area (Å²) in [5.41, 5.74) is 3.46. The van der Waals surface area contributed by atoms with Crippen LogP contribution in [0.15, 0.2) is 35.0 Å². The van der Waals surface area contributed by atoms with Gasteiger partial charge in [0.05, 0.1) is 27.0 Å². The van der Waals surface area contributed by atoms with Crippen molar-refractivity contribution in [2.45, 2.75) is 20.4 Å². The lowest BCUT2D eigenvalue weighted by Gasteiger charge is -2.07. The van der Waals surface area contributed by atoms with E-state index in [-0.39, 0.29) is 0 Å². The van der Waals surface area contributed by atoms with Crippen LogP contribution in [0.5, 0.6) is 0 Å². The Morgan fingerprint density at radius 3 is 2.65 bits per heavy atom. The lowest BCUT2D eigenvalue weighted by Crippen LogP contribution is -2.04. The van der Waals surface area contributed by atoms with Gasteiger partial charge in [-0.05, 0) is 37.6 Å². The van der Waals surface area contributed by atoms with E-state index in [9.17, 15) is 0 Å². The minimum atomic E-state index is 0.522. The Morgan fingerprint density at radius 1 is 1.13 bits per heavy atom. The molecule has 0 aliphatic heterocycles. The zero-order chi connectivity index (χ0) is 16.4. The predicted octanol–water partition coefficient (Wildman–Crippen LogP) is 4.67. The van der Waals surface area contributed by atoms with Crippen LogP contribution in [-0.2, 0) is 6.54 Å². The summed E-state index contributed by atoms with van der Waals surface area (Å²) in [7, 11) is 0. The molecular formula is C16H14Cl2N4O. The molecule has 118 valence electrons. The molecule has 2 heterocycles. The molecule has 0 fully saturated rings. The molecular weight excluding hydrogens is 335 g/mol. The summed E-state index contributed by atoms with van der Waals surface area (Å²) in [4.78, 5) is 8.74. The summed E-state index contributed by atoms with van der Waals surface area (Å²) in [6, 6.07) is 7.31. The summed E-state index contributed by atoms with van der Waals surface area (Å²) < 4.78 is 5.19. The average molecular weight is 349 g/mol. The van der Waals surface area contributed by atoms with Crippen LogP contribution in [0.25, 0.3) is 11.3 Å². The molecule has 3 aromatic rings. The average Bonchev–Trinajstić information content (AvgIpc) is 2.88. The van der Waals surface area contributed by atoms with E-state index >= 15 is 0 Å². The Hall–Kier alpha value is -2.11. The SMILES string of the molecule is Cc1noc(C)c1-c1ccnc(NCc2ccc(Cl)c(Cl)c2)n1. The Morgan fingerprint density at radius 2 is 1.96 bits per heavy atom. The molecule has 0 amide bonds. The third kappa shape index (κ3) is 3.46. The van der Waals surface area contributed by atoms with Gasteiger partial charge in [0.25, 0.3) is 0 Å². The van der Waals surface area contributed by atoms with Crippen LogP contribution >= 0.6 is 23.2 Å². The smallest absolute Gasteiger partial charge is 0.223 e. The first-order valence-corrected chi connectivity index (χ1v) is 7.74. The Labute approximate surface area is 143 Å². The Bertz CT molecular complexity index is 828. The highest BCUT2D eigenvalue weighted by molar-refractivity contribution is 6.42. The van der Waals surface area contributed by atoms with Crippen molar-refractivity contribution in [3.63, 3.8) is 0 Å². The second kappa shape index (κ2) is 6.56. The van der Waals surface area contributed by atoms with E-state index in [1.165, 1.54) is 0 Å². The zero-order valence-electron chi connectivity index (χ0n) is 12.6. The summed E-state index contributed by atoms with van der Waals surface area (Å²) in [5.74, 6) is 1.25. The van der Waals surface area contributed by atoms with Gasteiger partial charge in [-0.25, -0.2) is 9.97 Å². The fourth-order valence-corrected chi connectivity index (χ4v) is 2.58. The maximum absolute atomic E-state index is 6.01. The maximum atomic E-state index is 6.01. The molecule has 2 aromatic heterocycles. The van der Waals surface area contributed by atoms with Gasteiger partial charge in [0.15, 0.2) is 0 Å². The minimum Gasteiger partial charge on any atom is -0.361 e. The van der Waals surface area contributed by atoms with Gasteiger partial charge in [0, 0.05) is 12.7 Å². The number of nitrogens with one attached hydrogen (secondary N) is 1. The standard InChI is InChI=1S/C16H14Cl2N4O/c1-9-15(10(2)23-22-9)14-5-6-19-16(21-14)20-8-11-3-4-12(17)13(18)7-11/h3-7H,8H2,1-2H3,(H,19,20,21). The Balaban J connectivity index is 1.79. The lowest BCUT2D eigenvalue weighted by molar-refractivity contribution is 0.393. The number of rotatable bonds is 4. The molecule has 0 saturated heterocycles. The van der Waals surface area contributed by atoms with E-state index in [2.05, 4.69) is 20.4 Å². The molecule has 7 heteroatoms. The van der Waals surface area contributed by atoms with Crippen LogP contribution in [0, 0.1) is 13.8 Å². The molecule has 0 radical (unpaired) electrons. The molecule has 0 aliphatic carbocycles. The summed E-state index contributed by atoms with van der Waals surface area (Å²) in [5, 5.41) is 8.18. The number of hydrogen-bond acceptors (Lipinski definition) is 5. The quantitative estimate of drug-likeness (QED) is 0.742. The van der Waals surface area contributed by atoms with Gasteiger partial charge in [0.1, 0.15) is 5.76 Å². The number of aromatic nitrogens is 3. The van der Waals surface area contributed by atoms with Crippen molar-refractivity contribution < 1.29 is 4.52 Å². The molecule has 23 heavy (non-hydrogen) atoms. The zero-order valence-corrected chi connectivity index (χ0v) is 14.1. The summed E-state index contributed by atoms with van der Waals surface area (Å²) in [6.07, 6.45) is 1.70. The Kier molecular flexibility index (Phi) is 4.50. The third-order valence-corrected chi connectivity index (χ3v) is 4.12. The van der Waals surface area contributed by atoms with Gasteiger partial charge in [-0.1, -0.05) is 34.4 Å². The monoisotopic (exact) mass is 348 g/mol.